The molecular weight excluding hydrogens is 272 g/mol. The molecule has 2 N–H and O–H groups in total. The minimum Gasteiger partial charge on any atom is -0.388 e. The third-order valence-electron chi connectivity index (χ3n) is 5.97. The van der Waals surface area contributed by atoms with Crippen molar-refractivity contribution in [3.63, 3.8) is 0 Å². The molecule has 1 aromatic rings. The van der Waals surface area contributed by atoms with Crippen LogP contribution in [0, 0.1) is 5.41 Å². The van der Waals surface area contributed by atoms with Crippen LogP contribution in [-0.2, 0) is 0 Å². The molecule has 0 bridgehead atoms. The van der Waals surface area contributed by atoms with Crippen LogP contribution in [0.25, 0.3) is 0 Å². The van der Waals surface area contributed by atoms with Gasteiger partial charge < -0.3 is 10.4 Å². The molecule has 1 heterocycles. The molecule has 1 aromatic carbocycles. The van der Waals surface area contributed by atoms with Crippen LogP contribution in [0.4, 0.5) is 0 Å². The fourth-order valence-corrected chi connectivity index (χ4v) is 4.16. The first kappa shape index (κ1) is 14.7. The van der Waals surface area contributed by atoms with E-state index in [1.165, 1.54) is 25.8 Å². The second-order valence-corrected chi connectivity index (χ2v) is 7.77. The predicted molar refractivity (Wildman–Crippen MR) is 88.7 cm³/mol. The van der Waals surface area contributed by atoms with Crippen LogP contribution in [0.5, 0.6) is 0 Å². The maximum Gasteiger partial charge on any atom is 0.0858 e. The number of hydrogen-bond acceptors (Lipinski definition) is 3. The Hall–Kier alpha value is -0.900. The lowest BCUT2D eigenvalue weighted by Gasteiger charge is -2.25. The van der Waals surface area contributed by atoms with Crippen molar-refractivity contribution in [3.05, 3.63) is 35.9 Å². The second kappa shape index (κ2) is 5.63. The molecule has 2 aliphatic carbocycles. The highest BCUT2D eigenvalue weighted by atomic mass is 16.3. The summed E-state index contributed by atoms with van der Waals surface area (Å²) in [4.78, 5) is 2.69. The van der Waals surface area contributed by atoms with Crippen molar-refractivity contribution >= 4 is 0 Å². The van der Waals surface area contributed by atoms with E-state index in [0.717, 1.165) is 37.0 Å². The van der Waals surface area contributed by atoms with Gasteiger partial charge in [0.05, 0.1) is 6.10 Å². The highest BCUT2D eigenvalue weighted by Gasteiger charge is 2.50. The van der Waals surface area contributed by atoms with E-state index in [1.807, 2.05) is 18.2 Å². The molecule has 1 aliphatic heterocycles. The Labute approximate surface area is 133 Å². The lowest BCUT2D eigenvalue weighted by molar-refractivity contribution is 0.0900. The molecule has 4 rings (SSSR count). The Morgan fingerprint density at radius 2 is 2.00 bits per heavy atom. The van der Waals surface area contributed by atoms with Gasteiger partial charge >= 0.3 is 0 Å². The quantitative estimate of drug-likeness (QED) is 0.848. The molecule has 0 aromatic heterocycles. The number of nitrogens with one attached hydrogen (secondary N) is 1. The van der Waals surface area contributed by atoms with E-state index in [2.05, 4.69) is 29.3 Å². The van der Waals surface area contributed by atoms with Crippen molar-refractivity contribution in [2.75, 3.05) is 13.1 Å². The zero-order valence-electron chi connectivity index (χ0n) is 13.5. The largest absolute Gasteiger partial charge is 0.388 e. The van der Waals surface area contributed by atoms with Crippen LogP contribution >= 0.6 is 0 Å². The van der Waals surface area contributed by atoms with Gasteiger partial charge in [0.1, 0.15) is 0 Å². The van der Waals surface area contributed by atoms with Gasteiger partial charge in [0.15, 0.2) is 0 Å². The molecule has 120 valence electrons. The van der Waals surface area contributed by atoms with E-state index in [1.54, 1.807) is 0 Å². The summed E-state index contributed by atoms with van der Waals surface area (Å²) in [5.74, 6) is 0. The van der Waals surface area contributed by atoms with E-state index in [0.29, 0.717) is 6.04 Å². The number of hydrogen-bond donors (Lipinski definition) is 2. The maximum absolute atomic E-state index is 10.7. The third-order valence-corrected chi connectivity index (χ3v) is 5.97. The zero-order chi connectivity index (χ0) is 15.2. The summed E-state index contributed by atoms with van der Waals surface area (Å²) < 4.78 is 0. The molecular formula is C19H28N2O. The van der Waals surface area contributed by atoms with Crippen molar-refractivity contribution in [1.82, 2.24) is 10.2 Å². The summed E-state index contributed by atoms with van der Waals surface area (Å²) >= 11 is 0. The number of nitrogens with zero attached hydrogens (tertiary/aromatic N) is 1. The van der Waals surface area contributed by atoms with Gasteiger partial charge in [-0.05, 0) is 44.6 Å². The Balaban J connectivity index is 1.33. The summed E-state index contributed by atoms with van der Waals surface area (Å²) in [7, 11) is 0. The van der Waals surface area contributed by atoms with Crippen LogP contribution in [0.3, 0.4) is 0 Å². The predicted octanol–water partition coefficient (Wildman–Crippen LogP) is 2.72. The number of aliphatic hydroxyl groups excluding tert-OH is 1. The lowest BCUT2D eigenvalue weighted by Crippen LogP contribution is -2.38. The van der Waals surface area contributed by atoms with Gasteiger partial charge in [-0.3, -0.25) is 4.90 Å². The summed E-state index contributed by atoms with van der Waals surface area (Å²) in [6, 6.07) is 12.4. The van der Waals surface area contributed by atoms with Crippen LogP contribution in [0.1, 0.15) is 50.7 Å². The molecule has 3 heteroatoms. The van der Waals surface area contributed by atoms with Crippen molar-refractivity contribution in [3.8, 4) is 0 Å². The molecule has 0 spiro atoms. The van der Waals surface area contributed by atoms with Gasteiger partial charge in [0, 0.05) is 36.6 Å². The van der Waals surface area contributed by atoms with E-state index in [9.17, 15) is 5.11 Å². The molecule has 3 fully saturated rings. The Bertz CT molecular complexity index is 509. The molecule has 22 heavy (non-hydrogen) atoms. The summed E-state index contributed by atoms with van der Waals surface area (Å²) in [5.41, 5.74) is 1.15. The minimum atomic E-state index is -0.320. The highest BCUT2D eigenvalue weighted by molar-refractivity contribution is 5.22. The van der Waals surface area contributed by atoms with Gasteiger partial charge in [-0.2, -0.15) is 0 Å². The fourth-order valence-electron chi connectivity index (χ4n) is 4.16. The highest BCUT2D eigenvalue weighted by Crippen LogP contribution is 2.54. The maximum atomic E-state index is 10.7. The number of aliphatic hydroxyl groups is 1. The smallest absolute Gasteiger partial charge is 0.0858 e. The first-order valence-electron chi connectivity index (χ1n) is 8.90. The summed E-state index contributed by atoms with van der Waals surface area (Å²) in [6.07, 6.45) is 6.02. The molecule has 0 amide bonds. The van der Waals surface area contributed by atoms with E-state index >= 15 is 0 Å². The number of rotatable bonds is 6. The normalized spacial score (nSPS) is 32.1. The van der Waals surface area contributed by atoms with Crippen molar-refractivity contribution in [2.45, 2.75) is 63.3 Å². The average molecular weight is 300 g/mol. The Morgan fingerprint density at radius 1 is 1.27 bits per heavy atom. The third kappa shape index (κ3) is 2.82. The van der Waals surface area contributed by atoms with Crippen molar-refractivity contribution in [2.24, 2.45) is 5.41 Å². The second-order valence-electron chi connectivity index (χ2n) is 7.77. The SMILES string of the molecule is CC1CC(NCC2(C(O)c3ccccc3)CC2)CN1C1CC1. The van der Waals surface area contributed by atoms with Crippen molar-refractivity contribution in [1.29, 1.82) is 0 Å². The van der Waals surface area contributed by atoms with Gasteiger partial charge in [-0.1, -0.05) is 30.3 Å². The van der Waals surface area contributed by atoms with E-state index in [4.69, 9.17) is 0 Å². The fraction of sp³-hybridized carbons (Fsp3) is 0.684. The van der Waals surface area contributed by atoms with Gasteiger partial charge in [0.25, 0.3) is 0 Å². The number of benzene rings is 1. The average Bonchev–Trinajstić information content (AvgIpc) is 3.46. The molecule has 3 aliphatic rings. The minimum absolute atomic E-state index is 0.0809. The standard InChI is InChI=1S/C19H28N2O/c1-14-11-16(12-21(14)17-7-8-17)20-13-19(9-10-19)18(22)15-5-3-2-4-6-15/h2-6,14,16-18,20,22H,7-13H2,1H3. The van der Waals surface area contributed by atoms with E-state index < -0.39 is 0 Å². The van der Waals surface area contributed by atoms with Crippen LogP contribution < -0.4 is 5.32 Å². The summed E-state index contributed by atoms with van der Waals surface area (Å²) in [6.45, 7) is 4.52. The first-order chi connectivity index (χ1) is 10.7. The molecule has 2 saturated carbocycles. The molecule has 3 atom stereocenters. The van der Waals surface area contributed by atoms with Crippen LogP contribution in [0.2, 0.25) is 0 Å². The van der Waals surface area contributed by atoms with Gasteiger partial charge in [0.2, 0.25) is 0 Å². The summed E-state index contributed by atoms with van der Waals surface area (Å²) in [5, 5.41) is 14.5. The molecule has 1 saturated heterocycles. The van der Waals surface area contributed by atoms with E-state index in [-0.39, 0.29) is 11.5 Å². The van der Waals surface area contributed by atoms with Crippen LogP contribution in [-0.4, -0.2) is 41.2 Å². The molecule has 3 unspecified atom stereocenters. The Morgan fingerprint density at radius 3 is 2.64 bits per heavy atom. The molecule has 0 radical (unpaired) electrons. The van der Waals surface area contributed by atoms with Crippen LogP contribution in [0.15, 0.2) is 30.3 Å². The topological polar surface area (TPSA) is 35.5 Å². The van der Waals surface area contributed by atoms with Gasteiger partial charge in [-0.15, -0.1) is 0 Å². The number of likely N-dealkylation sites (tertiary alicyclic amines) is 1. The lowest BCUT2D eigenvalue weighted by atomic mass is 9.92. The molecule has 3 nitrogen and oxygen atoms in total. The van der Waals surface area contributed by atoms with Crippen molar-refractivity contribution < 1.29 is 5.11 Å². The first-order valence-corrected chi connectivity index (χ1v) is 8.90. The zero-order valence-corrected chi connectivity index (χ0v) is 13.5. The Kier molecular flexibility index (Phi) is 3.75. The monoisotopic (exact) mass is 300 g/mol. The van der Waals surface area contributed by atoms with Gasteiger partial charge in [-0.25, -0.2) is 0 Å².